The van der Waals surface area contributed by atoms with Crippen molar-refractivity contribution in [3.8, 4) is 11.5 Å². The molecule has 8 heteroatoms. The summed E-state index contributed by atoms with van der Waals surface area (Å²) in [5.74, 6) is -0.0420. The van der Waals surface area contributed by atoms with Crippen LogP contribution in [-0.2, 0) is 16.1 Å². The summed E-state index contributed by atoms with van der Waals surface area (Å²) in [6.07, 6.45) is 0.112. The Bertz CT molecular complexity index is 936. The monoisotopic (exact) mass is 448 g/mol. The molecule has 2 amide bonds. The lowest BCUT2D eigenvalue weighted by Gasteiger charge is -2.22. The van der Waals surface area contributed by atoms with Crippen molar-refractivity contribution in [1.82, 2.24) is 5.32 Å². The number of carbonyl (C=O) groups excluding carboxylic acids is 2. The number of carbonyl (C=O) groups is 2. The number of nitrogens with one attached hydrogen (secondary N) is 1. The summed E-state index contributed by atoms with van der Waals surface area (Å²) in [7, 11) is 0. The topological polar surface area (TPSA) is 67.9 Å². The SMILES string of the molecule is O=C(NCc1cc(Br)ccc1F)C1CC(=O)N(c2ccc3c(c2)OCCO3)C1. The molecule has 0 aliphatic carbocycles. The second kappa shape index (κ2) is 7.79. The Kier molecular flexibility index (Phi) is 5.21. The predicted octanol–water partition coefficient (Wildman–Crippen LogP) is 3.03. The van der Waals surface area contributed by atoms with E-state index in [0.717, 1.165) is 4.47 Å². The Hall–Kier alpha value is -2.61. The number of hydrogen-bond acceptors (Lipinski definition) is 4. The molecule has 4 rings (SSSR count). The summed E-state index contributed by atoms with van der Waals surface area (Å²) in [6.45, 7) is 1.29. The third kappa shape index (κ3) is 3.82. The van der Waals surface area contributed by atoms with Crippen molar-refractivity contribution in [3.63, 3.8) is 0 Å². The van der Waals surface area contributed by atoms with Gasteiger partial charge in [-0.25, -0.2) is 4.39 Å². The van der Waals surface area contributed by atoms with Crippen LogP contribution in [0.2, 0.25) is 0 Å². The van der Waals surface area contributed by atoms with Gasteiger partial charge in [0.05, 0.1) is 5.92 Å². The zero-order chi connectivity index (χ0) is 19.7. The van der Waals surface area contributed by atoms with Crippen LogP contribution in [-0.4, -0.2) is 31.6 Å². The Labute approximate surface area is 169 Å². The maximum Gasteiger partial charge on any atom is 0.227 e. The maximum absolute atomic E-state index is 13.8. The molecule has 1 N–H and O–H groups in total. The van der Waals surface area contributed by atoms with Gasteiger partial charge in [-0.3, -0.25) is 9.59 Å². The lowest BCUT2D eigenvalue weighted by atomic mass is 10.1. The normalized spacial score (nSPS) is 18.3. The van der Waals surface area contributed by atoms with Gasteiger partial charge < -0.3 is 19.7 Å². The van der Waals surface area contributed by atoms with E-state index in [1.807, 2.05) is 0 Å². The molecule has 1 saturated heterocycles. The second-order valence-electron chi connectivity index (χ2n) is 6.69. The zero-order valence-electron chi connectivity index (χ0n) is 14.9. The van der Waals surface area contributed by atoms with Crippen molar-refractivity contribution >= 4 is 33.4 Å². The molecule has 2 aromatic carbocycles. The van der Waals surface area contributed by atoms with E-state index in [4.69, 9.17) is 9.47 Å². The van der Waals surface area contributed by atoms with Gasteiger partial charge in [-0.05, 0) is 30.3 Å². The maximum atomic E-state index is 13.8. The Balaban J connectivity index is 1.41. The lowest BCUT2D eigenvalue weighted by Crippen LogP contribution is -2.32. The molecule has 2 heterocycles. The average molecular weight is 449 g/mol. The number of halogens is 2. The highest BCUT2D eigenvalue weighted by Crippen LogP contribution is 2.36. The number of amides is 2. The number of rotatable bonds is 4. The molecule has 2 aromatic rings. The lowest BCUT2D eigenvalue weighted by molar-refractivity contribution is -0.126. The molecular formula is C20H18BrFN2O4. The average Bonchev–Trinajstić information content (AvgIpc) is 3.10. The van der Waals surface area contributed by atoms with Gasteiger partial charge in [0.2, 0.25) is 11.8 Å². The second-order valence-corrected chi connectivity index (χ2v) is 7.60. The van der Waals surface area contributed by atoms with E-state index >= 15 is 0 Å². The van der Waals surface area contributed by atoms with Gasteiger partial charge in [0.1, 0.15) is 19.0 Å². The first-order chi connectivity index (χ1) is 13.5. The third-order valence-electron chi connectivity index (χ3n) is 4.79. The molecule has 0 spiro atoms. The molecule has 6 nitrogen and oxygen atoms in total. The van der Waals surface area contributed by atoms with Crippen molar-refractivity contribution in [2.24, 2.45) is 5.92 Å². The van der Waals surface area contributed by atoms with Crippen LogP contribution in [0.25, 0.3) is 0 Å². The van der Waals surface area contributed by atoms with Crippen molar-refractivity contribution < 1.29 is 23.5 Å². The first-order valence-corrected chi connectivity index (χ1v) is 9.72. The molecule has 1 atom stereocenters. The first-order valence-electron chi connectivity index (χ1n) is 8.93. The fourth-order valence-electron chi connectivity index (χ4n) is 3.34. The highest BCUT2D eigenvalue weighted by molar-refractivity contribution is 9.10. The minimum Gasteiger partial charge on any atom is -0.486 e. The fraction of sp³-hybridized carbons (Fsp3) is 0.300. The molecule has 2 aliphatic heterocycles. The summed E-state index contributed by atoms with van der Waals surface area (Å²) >= 11 is 3.29. The summed E-state index contributed by atoms with van der Waals surface area (Å²) in [4.78, 5) is 26.5. The third-order valence-corrected chi connectivity index (χ3v) is 5.29. The predicted molar refractivity (Wildman–Crippen MR) is 104 cm³/mol. The summed E-state index contributed by atoms with van der Waals surface area (Å²) in [5, 5.41) is 2.73. The summed E-state index contributed by atoms with van der Waals surface area (Å²) in [6, 6.07) is 9.86. The number of ether oxygens (including phenoxy) is 2. The van der Waals surface area contributed by atoms with Crippen LogP contribution in [0.4, 0.5) is 10.1 Å². The highest BCUT2D eigenvalue weighted by atomic mass is 79.9. The highest BCUT2D eigenvalue weighted by Gasteiger charge is 2.35. The van der Waals surface area contributed by atoms with E-state index in [1.165, 1.54) is 6.07 Å². The standard InChI is InChI=1S/C20H18BrFN2O4/c21-14-1-3-16(22)12(7-14)10-23-20(26)13-8-19(25)24(11-13)15-2-4-17-18(9-15)28-6-5-27-17/h1-4,7,9,13H,5-6,8,10-11H2,(H,23,26). The smallest absolute Gasteiger partial charge is 0.227 e. The van der Waals surface area contributed by atoms with Crippen molar-refractivity contribution in [3.05, 3.63) is 52.3 Å². The van der Waals surface area contributed by atoms with Gasteiger partial charge in [-0.15, -0.1) is 0 Å². The van der Waals surface area contributed by atoms with Crippen molar-refractivity contribution in [1.29, 1.82) is 0 Å². The van der Waals surface area contributed by atoms with Gasteiger partial charge >= 0.3 is 0 Å². The van der Waals surface area contributed by atoms with E-state index in [9.17, 15) is 14.0 Å². The summed E-state index contributed by atoms with van der Waals surface area (Å²) in [5.41, 5.74) is 1.05. The number of hydrogen-bond donors (Lipinski definition) is 1. The van der Waals surface area contributed by atoms with Gasteiger partial charge in [-0.1, -0.05) is 15.9 Å². The molecule has 0 radical (unpaired) electrons. The summed E-state index contributed by atoms with van der Waals surface area (Å²) < 4.78 is 25.6. The van der Waals surface area contributed by atoms with Crippen molar-refractivity contribution in [2.45, 2.75) is 13.0 Å². The minimum atomic E-state index is -0.490. The number of nitrogens with zero attached hydrogens (tertiary/aromatic N) is 1. The minimum absolute atomic E-state index is 0.0683. The van der Waals surface area contributed by atoms with Gasteiger partial charge in [-0.2, -0.15) is 0 Å². The van der Waals surface area contributed by atoms with E-state index in [2.05, 4.69) is 21.2 Å². The molecule has 28 heavy (non-hydrogen) atoms. The molecule has 0 saturated carbocycles. The van der Waals surface area contributed by atoms with Gasteiger partial charge in [0.15, 0.2) is 11.5 Å². The molecule has 2 aliphatic rings. The number of fused-ring (bicyclic) bond motifs is 1. The molecule has 1 fully saturated rings. The van der Waals surface area contributed by atoms with Crippen LogP contribution in [0.3, 0.4) is 0 Å². The van der Waals surface area contributed by atoms with Crippen molar-refractivity contribution in [2.75, 3.05) is 24.7 Å². The van der Waals surface area contributed by atoms with E-state index in [0.29, 0.717) is 36.0 Å². The van der Waals surface area contributed by atoms with Crippen LogP contribution >= 0.6 is 15.9 Å². The van der Waals surface area contributed by atoms with Crippen LogP contribution in [0, 0.1) is 11.7 Å². The first kappa shape index (κ1) is 18.7. The fourth-order valence-corrected chi connectivity index (χ4v) is 3.75. The zero-order valence-corrected chi connectivity index (χ0v) is 16.5. The molecule has 0 bridgehead atoms. The van der Waals surface area contributed by atoms with Crippen LogP contribution in [0.5, 0.6) is 11.5 Å². The van der Waals surface area contributed by atoms with Gasteiger partial charge in [0, 0.05) is 41.3 Å². The Morgan fingerprint density at radius 2 is 1.96 bits per heavy atom. The van der Waals surface area contributed by atoms with Gasteiger partial charge in [0.25, 0.3) is 0 Å². The van der Waals surface area contributed by atoms with Crippen LogP contribution in [0.1, 0.15) is 12.0 Å². The van der Waals surface area contributed by atoms with Crippen LogP contribution in [0.15, 0.2) is 40.9 Å². The van der Waals surface area contributed by atoms with E-state index in [1.54, 1.807) is 35.2 Å². The Morgan fingerprint density at radius 1 is 1.18 bits per heavy atom. The molecule has 1 unspecified atom stereocenters. The largest absolute Gasteiger partial charge is 0.486 e. The Morgan fingerprint density at radius 3 is 2.79 bits per heavy atom. The molecule has 0 aromatic heterocycles. The van der Waals surface area contributed by atoms with E-state index in [-0.39, 0.29) is 37.1 Å². The van der Waals surface area contributed by atoms with E-state index < -0.39 is 5.92 Å². The molecule has 146 valence electrons. The molecular weight excluding hydrogens is 431 g/mol. The number of anilines is 1. The number of benzene rings is 2. The quantitative estimate of drug-likeness (QED) is 0.780. The van der Waals surface area contributed by atoms with Crippen LogP contribution < -0.4 is 19.7 Å².